The third-order valence-electron chi connectivity index (χ3n) is 3.77. The highest BCUT2D eigenvalue weighted by Crippen LogP contribution is 2.30. The van der Waals surface area contributed by atoms with Gasteiger partial charge in [0.25, 0.3) is 0 Å². The zero-order chi connectivity index (χ0) is 13.8. The van der Waals surface area contributed by atoms with Crippen molar-refractivity contribution in [2.75, 3.05) is 19.6 Å². The van der Waals surface area contributed by atoms with Gasteiger partial charge in [0.05, 0.1) is 0 Å². The molecule has 0 aromatic heterocycles. The number of unbranched alkanes of at least 4 members (excludes halogenated alkanes) is 1. The number of carbonyl (C=O) groups excluding carboxylic acids is 1. The van der Waals surface area contributed by atoms with E-state index in [0.29, 0.717) is 26.1 Å². The van der Waals surface area contributed by atoms with E-state index < -0.39 is 11.5 Å². The Labute approximate surface area is 109 Å². The van der Waals surface area contributed by atoms with Gasteiger partial charge in [-0.25, -0.2) is 9.59 Å². The molecule has 0 aromatic carbocycles. The topological polar surface area (TPSA) is 60.9 Å². The van der Waals surface area contributed by atoms with Gasteiger partial charge in [0, 0.05) is 19.6 Å². The lowest BCUT2D eigenvalue weighted by molar-refractivity contribution is -0.147. The smallest absolute Gasteiger partial charge is 0.329 e. The molecule has 0 saturated carbocycles. The highest BCUT2D eigenvalue weighted by molar-refractivity contribution is 5.86. The lowest BCUT2D eigenvalue weighted by atomic mass is 10.00. The van der Waals surface area contributed by atoms with E-state index in [9.17, 15) is 14.7 Å². The molecule has 2 amide bonds. The third-order valence-corrected chi connectivity index (χ3v) is 3.77. The molecule has 1 fully saturated rings. The molecule has 1 aliphatic heterocycles. The molecule has 1 atom stereocenters. The first kappa shape index (κ1) is 14.8. The molecule has 5 nitrogen and oxygen atoms in total. The van der Waals surface area contributed by atoms with Crippen LogP contribution in [0, 0.1) is 0 Å². The number of amides is 2. The van der Waals surface area contributed by atoms with Gasteiger partial charge in [-0.15, -0.1) is 0 Å². The minimum absolute atomic E-state index is 0.131. The van der Waals surface area contributed by atoms with Gasteiger partial charge >= 0.3 is 12.0 Å². The quantitative estimate of drug-likeness (QED) is 0.820. The molecule has 104 valence electrons. The van der Waals surface area contributed by atoms with E-state index in [1.807, 2.05) is 6.92 Å². The maximum absolute atomic E-state index is 12.4. The first-order valence-corrected chi connectivity index (χ1v) is 6.77. The molecule has 0 spiro atoms. The lowest BCUT2D eigenvalue weighted by Gasteiger charge is -2.35. The highest BCUT2D eigenvalue weighted by Gasteiger charge is 2.46. The van der Waals surface area contributed by atoms with Crippen molar-refractivity contribution in [2.24, 2.45) is 0 Å². The number of hydrogen-bond acceptors (Lipinski definition) is 2. The largest absolute Gasteiger partial charge is 0.480 e. The number of nitrogens with zero attached hydrogens (tertiary/aromatic N) is 2. The molecule has 1 N–H and O–H groups in total. The molecule has 18 heavy (non-hydrogen) atoms. The lowest BCUT2D eigenvalue weighted by Crippen LogP contribution is -2.55. The molecule has 0 bridgehead atoms. The van der Waals surface area contributed by atoms with Crippen molar-refractivity contribution in [1.82, 2.24) is 9.80 Å². The second-order valence-electron chi connectivity index (χ2n) is 5.05. The summed E-state index contributed by atoms with van der Waals surface area (Å²) in [5, 5.41) is 9.31. The standard InChI is InChI=1S/C13H24N2O3/c1-4-6-9-14(5-2)12(18)15-10-7-8-13(15,3)11(16)17/h4-10H2,1-3H3,(H,16,17). The van der Waals surface area contributed by atoms with E-state index in [1.54, 1.807) is 11.8 Å². The van der Waals surface area contributed by atoms with Crippen molar-refractivity contribution in [3.8, 4) is 0 Å². The number of carboxylic acids is 1. The van der Waals surface area contributed by atoms with Gasteiger partial charge in [0.1, 0.15) is 5.54 Å². The molecular weight excluding hydrogens is 232 g/mol. The molecule has 0 aromatic rings. The zero-order valence-corrected chi connectivity index (χ0v) is 11.6. The van der Waals surface area contributed by atoms with Gasteiger partial charge in [-0.1, -0.05) is 13.3 Å². The van der Waals surface area contributed by atoms with Crippen LogP contribution in [0.5, 0.6) is 0 Å². The van der Waals surface area contributed by atoms with E-state index >= 15 is 0 Å². The number of carbonyl (C=O) groups is 2. The first-order valence-electron chi connectivity index (χ1n) is 6.77. The van der Waals surface area contributed by atoms with E-state index in [4.69, 9.17) is 0 Å². The number of rotatable bonds is 5. The molecule has 1 saturated heterocycles. The Balaban J connectivity index is 2.78. The van der Waals surface area contributed by atoms with E-state index in [-0.39, 0.29) is 6.03 Å². The van der Waals surface area contributed by atoms with Gasteiger partial charge in [0.2, 0.25) is 0 Å². The molecule has 0 aliphatic carbocycles. The van der Waals surface area contributed by atoms with Gasteiger partial charge in [-0.05, 0) is 33.1 Å². The van der Waals surface area contributed by atoms with Crippen LogP contribution in [0.1, 0.15) is 46.5 Å². The van der Waals surface area contributed by atoms with Crippen LogP contribution in [-0.2, 0) is 4.79 Å². The summed E-state index contributed by atoms with van der Waals surface area (Å²) in [5.74, 6) is -0.903. The molecule has 1 heterocycles. The Kier molecular flexibility index (Phi) is 4.99. The number of likely N-dealkylation sites (tertiary alicyclic amines) is 1. The average molecular weight is 256 g/mol. The fourth-order valence-corrected chi connectivity index (χ4v) is 2.40. The monoisotopic (exact) mass is 256 g/mol. The van der Waals surface area contributed by atoms with Crippen molar-refractivity contribution in [2.45, 2.75) is 52.0 Å². The fourth-order valence-electron chi connectivity index (χ4n) is 2.40. The maximum Gasteiger partial charge on any atom is 0.329 e. The predicted octanol–water partition coefficient (Wildman–Crippen LogP) is 2.17. The summed E-state index contributed by atoms with van der Waals surface area (Å²) < 4.78 is 0. The van der Waals surface area contributed by atoms with Crippen LogP contribution in [0.4, 0.5) is 4.79 Å². The number of hydrogen-bond donors (Lipinski definition) is 1. The van der Waals surface area contributed by atoms with Crippen molar-refractivity contribution >= 4 is 12.0 Å². The van der Waals surface area contributed by atoms with Gasteiger partial charge in [-0.2, -0.15) is 0 Å². The number of urea groups is 1. The molecule has 1 aliphatic rings. The fraction of sp³-hybridized carbons (Fsp3) is 0.846. The van der Waals surface area contributed by atoms with Crippen LogP contribution in [0.25, 0.3) is 0 Å². The third kappa shape index (κ3) is 2.76. The summed E-state index contributed by atoms with van der Waals surface area (Å²) in [7, 11) is 0. The highest BCUT2D eigenvalue weighted by atomic mass is 16.4. The summed E-state index contributed by atoms with van der Waals surface area (Å²) in [5.41, 5.74) is -1.03. The Morgan fingerprint density at radius 3 is 2.56 bits per heavy atom. The second kappa shape index (κ2) is 6.07. The molecule has 1 unspecified atom stereocenters. The van der Waals surface area contributed by atoms with E-state index in [2.05, 4.69) is 6.92 Å². The summed E-state index contributed by atoms with van der Waals surface area (Å²) >= 11 is 0. The second-order valence-corrected chi connectivity index (χ2v) is 5.05. The normalized spacial score (nSPS) is 23.2. The van der Waals surface area contributed by atoms with Crippen molar-refractivity contribution < 1.29 is 14.7 Å². The summed E-state index contributed by atoms with van der Waals surface area (Å²) in [4.78, 5) is 27.0. The Bertz CT molecular complexity index is 319. The Morgan fingerprint density at radius 2 is 2.06 bits per heavy atom. The molecular formula is C13H24N2O3. The molecule has 1 rings (SSSR count). The summed E-state index contributed by atoms with van der Waals surface area (Å²) in [6, 6.07) is -0.131. The van der Waals surface area contributed by atoms with E-state index in [0.717, 1.165) is 19.3 Å². The van der Waals surface area contributed by atoms with E-state index in [1.165, 1.54) is 4.90 Å². The van der Waals surface area contributed by atoms with Crippen molar-refractivity contribution in [3.05, 3.63) is 0 Å². The van der Waals surface area contributed by atoms with Crippen molar-refractivity contribution in [3.63, 3.8) is 0 Å². The Morgan fingerprint density at radius 1 is 1.39 bits per heavy atom. The van der Waals surface area contributed by atoms with Crippen LogP contribution in [-0.4, -0.2) is 52.1 Å². The minimum atomic E-state index is -1.03. The average Bonchev–Trinajstić information content (AvgIpc) is 2.73. The van der Waals surface area contributed by atoms with Crippen LogP contribution < -0.4 is 0 Å². The summed E-state index contributed by atoms with van der Waals surface area (Å²) in [6.07, 6.45) is 3.29. The minimum Gasteiger partial charge on any atom is -0.480 e. The first-order chi connectivity index (χ1) is 8.47. The van der Waals surface area contributed by atoms with Crippen molar-refractivity contribution in [1.29, 1.82) is 0 Å². The predicted molar refractivity (Wildman–Crippen MR) is 69.5 cm³/mol. The number of aliphatic carboxylic acids is 1. The van der Waals surface area contributed by atoms with Crippen LogP contribution in [0.15, 0.2) is 0 Å². The zero-order valence-electron chi connectivity index (χ0n) is 11.6. The SMILES string of the molecule is CCCCN(CC)C(=O)N1CCCC1(C)C(=O)O. The molecule has 0 radical (unpaired) electrons. The number of carboxylic acid groups (broad SMARTS) is 1. The van der Waals surface area contributed by atoms with Crippen LogP contribution in [0.3, 0.4) is 0 Å². The Hall–Kier alpha value is -1.26. The van der Waals surface area contributed by atoms with Crippen LogP contribution >= 0.6 is 0 Å². The van der Waals surface area contributed by atoms with Gasteiger partial charge in [-0.3, -0.25) is 0 Å². The van der Waals surface area contributed by atoms with Gasteiger partial charge in [0.15, 0.2) is 0 Å². The van der Waals surface area contributed by atoms with Gasteiger partial charge < -0.3 is 14.9 Å². The maximum atomic E-state index is 12.4. The van der Waals surface area contributed by atoms with Crippen LogP contribution in [0.2, 0.25) is 0 Å². The molecule has 5 heteroatoms. The summed E-state index contributed by atoms with van der Waals surface area (Å²) in [6.45, 7) is 7.54.